The third-order valence-corrected chi connectivity index (χ3v) is 4.05. The summed E-state index contributed by atoms with van der Waals surface area (Å²) in [5.74, 6) is 2.35. The number of hydrogen-bond donors (Lipinski definition) is 0. The summed E-state index contributed by atoms with van der Waals surface area (Å²) >= 11 is 5.87. The van der Waals surface area contributed by atoms with E-state index >= 15 is 0 Å². The Balaban J connectivity index is 1.83. The Labute approximate surface area is 119 Å². The van der Waals surface area contributed by atoms with E-state index in [1.807, 2.05) is 18.2 Å². The van der Waals surface area contributed by atoms with Gasteiger partial charge in [0, 0.05) is 5.88 Å². The number of benzene rings is 2. The monoisotopic (exact) mass is 272 g/mol. The van der Waals surface area contributed by atoms with Crippen molar-refractivity contribution in [3.63, 3.8) is 0 Å². The highest BCUT2D eigenvalue weighted by atomic mass is 35.5. The van der Waals surface area contributed by atoms with E-state index < -0.39 is 0 Å². The summed E-state index contributed by atoms with van der Waals surface area (Å²) in [7, 11) is 0. The summed E-state index contributed by atoms with van der Waals surface area (Å²) in [6.07, 6.45) is 3.65. The Hall–Kier alpha value is -1.47. The molecule has 0 atom stereocenters. The molecule has 3 rings (SSSR count). The lowest BCUT2D eigenvalue weighted by Gasteiger charge is -2.10. The maximum absolute atomic E-state index is 5.94. The van der Waals surface area contributed by atoms with Crippen LogP contribution in [0, 0.1) is 6.92 Å². The molecule has 2 aromatic rings. The highest BCUT2D eigenvalue weighted by molar-refractivity contribution is 6.17. The van der Waals surface area contributed by atoms with Gasteiger partial charge < -0.3 is 4.74 Å². The average molecular weight is 273 g/mol. The predicted octanol–water partition coefficient (Wildman–Crippen LogP) is 5.01. The molecule has 19 heavy (non-hydrogen) atoms. The van der Waals surface area contributed by atoms with Gasteiger partial charge in [-0.3, -0.25) is 0 Å². The van der Waals surface area contributed by atoms with Crippen LogP contribution < -0.4 is 4.74 Å². The molecule has 0 radical (unpaired) electrons. The summed E-state index contributed by atoms with van der Waals surface area (Å²) in [6, 6.07) is 12.5. The molecular weight excluding hydrogens is 256 g/mol. The number of ether oxygens (including phenoxy) is 1. The number of halogens is 1. The van der Waals surface area contributed by atoms with Crippen LogP contribution in [-0.4, -0.2) is 0 Å². The quantitative estimate of drug-likeness (QED) is 0.713. The van der Waals surface area contributed by atoms with Crippen LogP contribution in [0.25, 0.3) is 0 Å². The third kappa shape index (κ3) is 2.62. The van der Waals surface area contributed by atoms with Gasteiger partial charge in [-0.25, -0.2) is 0 Å². The Morgan fingerprint density at radius 2 is 1.74 bits per heavy atom. The largest absolute Gasteiger partial charge is 0.457 e. The Kier molecular flexibility index (Phi) is 3.48. The molecule has 0 saturated heterocycles. The minimum atomic E-state index is 0.547. The fraction of sp³-hybridized carbons (Fsp3) is 0.294. The first-order valence-electron chi connectivity index (χ1n) is 6.71. The Morgan fingerprint density at radius 3 is 2.53 bits per heavy atom. The summed E-state index contributed by atoms with van der Waals surface area (Å²) in [5.41, 5.74) is 5.24. The molecule has 1 nitrogen and oxygen atoms in total. The number of fused-ring (bicyclic) bond motifs is 1. The average Bonchev–Trinajstić information content (AvgIpc) is 2.86. The molecular formula is C17H17ClO. The zero-order valence-electron chi connectivity index (χ0n) is 11.1. The molecule has 0 amide bonds. The smallest absolute Gasteiger partial charge is 0.127 e. The van der Waals surface area contributed by atoms with Crippen LogP contribution in [0.5, 0.6) is 11.5 Å². The maximum atomic E-state index is 5.94. The molecule has 0 bridgehead atoms. The van der Waals surface area contributed by atoms with Gasteiger partial charge in [-0.05, 0) is 72.7 Å². The van der Waals surface area contributed by atoms with E-state index in [4.69, 9.17) is 16.3 Å². The van der Waals surface area contributed by atoms with Crippen molar-refractivity contribution in [3.05, 3.63) is 58.7 Å². The van der Waals surface area contributed by atoms with Crippen LogP contribution in [0.4, 0.5) is 0 Å². The van der Waals surface area contributed by atoms with Gasteiger partial charge in [0.2, 0.25) is 0 Å². The first-order chi connectivity index (χ1) is 9.26. The molecule has 0 aliphatic heterocycles. The lowest BCUT2D eigenvalue weighted by atomic mass is 10.1. The topological polar surface area (TPSA) is 9.23 Å². The second kappa shape index (κ2) is 5.26. The van der Waals surface area contributed by atoms with Crippen molar-refractivity contribution < 1.29 is 4.74 Å². The Morgan fingerprint density at radius 1 is 1.00 bits per heavy atom. The van der Waals surface area contributed by atoms with Crippen molar-refractivity contribution >= 4 is 11.6 Å². The van der Waals surface area contributed by atoms with E-state index in [0.717, 1.165) is 17.1 Å². The molecule has 2 heteroatoms. The van der Waals surface area contributed by atoms with Crippen LogP contribution in [0.1, 0.15) is 28.7 Å². The van der Waals surface area contributed by atoms with Gasteiger partial charge in [0.1, 0.15) is 11.5 Å². The van der Waals surface area contributed by atoms with Gasteiger partial charge in [0.05, 0.1) is 0 Å². The second-order valence-electron chi connectivity index (χ2n) is 5.11. The van der Waals surface area contributed by atoms with E-state index in [1.54, 1.807) is 0 Å². The predicted molar refractivity (Wildman–Crippen MR) is 79.3 cm³/mol. The highest BCUT2D eigenvalue weighted by Crippen LogP contribution is 2.29. The van der Waals surface area contributed by atoms with E-state index in [9.17, 15) is 0 Å². The fourth-order valence-electron chi connectivity index (χ4n) is 2.63. The van der Waals surface area contributed by atoms with Gasteiger partial charge in [-0.1, -0.05) is 12.1 Å². The van der Waals surface area contributed by atoms with Crippen LogP contribution in [-0.2, 0) is 18.7 Å². The molecule has 0 spiro atoms. The number of rotatable bonds is 3. The molecule has 0 N–H and O–H groups in total. The van der Waals surface area contributed by atoms with Gasteiger partial charge in [-0.2, -0.15) is 0 Å². The molecule has 0 fully saturated rings. The van der Waals surface area contributed by atoms with Gasteiger partial charge in [0.25, 0.3) is 0 Å². The van der Waals surface area contributed by atoms with Crippen molar-refractivity contribution in [2.45, 2.75) is 32.1 Å². The van der Waals surface area contributed by atoms with Crippen LogP contribution >= 0.6 is 11.6 Å². The van der Waals surface area contributed by atoms with Crippen LogP contribution in [0.15, 0.2) is 36.4 Å². The highest BCUT2D eigenvalue weighted by Gasteiger charge is 2.11. The summed E-state index contributed by atoms with van der Waals surface area (Å²) in [4.78, 5) is 0. The summed E-state index contributed by atoms with van der Waals surface area (Å²) in [6.45, 7) is 2.06. The molecule has 1 aliphatic rings. The van der Waals surface area contributed by atoms with Gasteiger partial charge in [-0.15, -0.1) is 11.6 Å². The zero-order valence-corrected chi connectivity index (χ0v) is 11.8. The maximum Gasteiger partial charge on any atom is 0.127 e. The first kappa shape index (κ1) is 12.6. The fourth-order valence-corrected chi connectivity index (χ4v) is 2.93. The van der Waals surface area contributed by atoms with E-state index in [1.165, 1.54) is 36.0 Å². The van der Waals surface area contributed by atoms with Crippen molar-refractivity contribution in [3.8, 4) is 11.5 Å². The molecule has 2 aromatic carbocycles. The van der Waals surface area contributed by atoms with Crippen molar-refractivity contribution in [1.29, 1.82) is 0 Å². The molecule has 98 valence electrons. The molecule has 0 saturated carbocycles. The summed E-state index contributed by atoms with van der Waals surface area (Å²) < 4.78 is 5.94. The third-order valence-electron chi connectivity index (χ3n) is 3.76. The number of alkyl halides is 1. The SMILES string of the molecule is Cc1cc(Oc2ccc3c(c2)CCC3)ccc1CCl. The van der Waals surface area contributed by atoms with Gasteiger partial charge in [0.15, 0.2) is 0 Å². The van der Waals surface area contributed by atoms with E-state index in [0.29, 0.717) is 5.88 Å². The van der Waals surface area contributed by atoms with Crippen molar-refractivity contribution in [2.75, 3.05) is 0 Å². The van der Waals surface area contributed by atoms with Crippen molar-refractivity contribution in [2.24, 2.45) is 0 Å². The summed E-state index contributed by atoms with van der Waals surface area (Å²) in [5, 5.41) is 0. The molecule has 0 aromatic heterocycles. The first-order valence-corrected chi connectivity index (χ1v) is 7.25. The lowest BCUT2D eigenvalue weighted by molar-refractivity contribution is 0.481. The Bertz CT molecular complexity index is 604. The normalized spacial score (nSPS) is 13.4. The van der Waals surface area contributed by atoms with E-state index in [2.05, 4.69) is 25.1 Å². The number of aryl methyl sites for hydroxylation is 3. The zero-order chi connectivity index (χ0) is 13.2. The van der Waals surface area contributed by atoms with Crippen LogP contribution in [0.2, 0.25) is 0 Å². The molecule has 1 aliphatic carbocycles. The number of hydrogen-bond acceptors (Lipinski definition) is 1. The van der Waals surface area contributed by atoms with Crippen molar-refractivity contribution in [1.82, 2.24) is 0 Å². The minimum Gasteiger partial charge on any atom is -0.457 e. The van der Waals surface area contributed by atoms with E-state index in [-0.39, 0.29) is 0 Å². The molecule has 0 unspecified atom stereocenters. The second-order valence-corrected chi connectivity index (χ2v) is 5.38. The van der Waals surface area contributed by atoms with Gasteiger partial charge >= 0.3 is 0 Å². The molecule has 0 heterocycles. The minimum absolute atomic E-state index is 0.547. The lowest BCUT2D eigenvalue weighted by Crippen LogP contribution is -1.90. The van der Waals surface area contributed by atoms with Crippen LogP contribution in [0.3, 0.4) is 0 Å². The standard InChI is InChI=1S/C17H17ClO/c1-12-9-16(8-6-15(12)11-18)19-17-7-5-13-3-2-4-14(13)10-17/h5-10H,2-4,11H2,1H3.